The van der Waals surface area contributed by atoms with Gasteiger partial charge in [0, 0.05) is 27.5 Å². The van der Waals surface area contributed by atoms with Gasteiger partial charge in [0.2, 0.25) is 0 Å². The minimum atomic E-state index is 0.621. The van der Waals surface area contributed by atoms with Gasteiger partial charge in [0.15, 0.2) is 17.5 Å². The Hall–Kier alpha value is -7.95. The van der Waals surface area contributed by atoms with E-state index in [2.05, 4.69) is 176 Å². The average Bonchev–Trinajstić information content (AvgIpc) is 3.71. The predicted octanol–water partition coefficient (Wildman–Crippen LogP) is 14.6. The summed E-state index contributed by atoms with van der Waals surface area (Å²) < 4.78 is 6.19. The van der Waals surface area contributed by atoms with Crippen LogP contribution >= 0.6 is 0 Å². The van der Waals surface area contributed by atoms with Crippen LogP contribution in [0, 0.1) is 0 Å². The van der Waals surface area contributed by atoms with E-state index in [4.69, 9.17) is 19.4 Å². The molecule has 0 saturated heterocycles. The molecule has 59 heavy (non-hydrogen) atoms. The monoisotopic (exact) mass is 753 g/mol. The number of fused-ring (bicyclic) bond motifs is 4. The standard InChI is InChI=1S/C55H35N3O/c1-3-13-36(14-4-1)40-17-11-18-45(35-40)54-56-53(57-55(58-54)48-20-8-7-19-46(48)38-15-5-2-6-16-38)39-27-25-37(26-28-39)41-29-30-43-34-44(32-31-42(43)33-41)47-22-12-24-51-52(47)49-21-9-10-23-50(49)59-51/h1-35H. The number of para-hydroxylation sites is 1. The Morgan fingerprint density at radius 2 is 0.763 bits per heavy atom. The van der Waals surface area contributed by atoms with Crippen LogP contribution in [0.4, 0.5) is 0 Å². The van der Waals surface area contributed by atoms with Gasteiger partial charge in [-0.3, -0.25) is 0 Å². The highest BCUT2D eigenvalue weighted by Crippen LogP contribution is 2.39. The summed E-state index contributed by atoms with van der Waals surface area (Å²) in [7, 11) is 0. The lowest BCUT2D eigenvalue weighted by atomic mass is 9.95. The van der Waals surface area contributed by atoms with E-state index in [0.29, 0.717) is 17.5 Å². The molecular weight excluding hydrogens is 719 g/mol. The van der Waals surface area contributed by atoms with E-state index in [1.807, 2.05) is 36.4 Å². The third-order valence-corrected chi connectivity index (χ3v) is 11.1. The highest BCUT2D eigenvalue weighted by Gasteiger charge is 2.17. The van der Waals surface area contributed by atoms with Crippen molar-refractivity contribution in [3.8, 4) is 78.7 Å². The van der Waals surface area contributed by atoms with Gasteiger partial charge >= 0.3 is 0 Å². The Morgan fingerprint density at radius 1 is 0.271 bits per heavy atom. The molecule has 11 rings (SSSR count). The van der Waals surface area contributed by atoms with E-state index in [-0.39, 0.29) is 0 Å². The number of aromatic nitrogens is 3. The maximum atomic E-state index is 6.19. The highest BCUT2D eigenvalue weighted by molar-refractivity contribution is 6.13. The van der Waals surface area contributed by atoms with Gasteiger partial charge in [-0.15, -0.1) is 0 Å². The van der Waals surface area contributed by atoms with Gasteiger partial charge in [-0.1, -0.05) is 182 Å². The minimum Gasteiger partial charge on any atom is -0.456 e. The molecule has 2 heterocycles. The molecule has 9 aromatic carbocycles. The molecule has 2 aromatic heterocycles. The van der Waals surface area contributed by atoms with Crippen molar-refractivity contribution < 1.29 is 4.42 Å². The Labute approximate surface area is 341 Å². The Kier molecular flexibility index (Phi) is 8.45. The summed E-state index contributed by atoms with van der Waals surface area (Å²) in [5, 5.41) is 4.65. The normalized spacial score (nSPS) is 11.4. The first-order valence-electron chi connectivity index (χ1n) is 19.8. The van der Waals surface area contributed by atoms with E-state index in [1.165, 1.54) is 21.9 Å². The van der Waals surface area contributed by atoms with Gasteiger partial charge in [0.1, 0.15) is 11.2 Å². The lowest BCUT2D eigenvalue weighted by Gasteiger charge is -2.13. The first kappa shape index (κ1) is 34.3. The Morgan fingerprint density at radius 3 is 1.56 bits per heavy atom. The molecule has 0 saturated carbocycles. The number of furan rings is 1. The van der Waals surface area contributed by atoms with Crippen LogP contribution in [-0.4, -0.2) is 15.0 Å². The number of benzene rings is 9. The van der Waals surface area contributed by atoms with Crippen molar-refractivity contribution in [2.45, 2.75) is 0 Å². The van der Waals surface area contributed by atoms with Crippen molar-refractivity contribution in [2.75, 3.05) is 0 Å². The van der Waals surface area contributed by atoms with E-state index in [9.17, 15) is 0 Å². The summed E-state index contributed by atoms with van der Waals surface area (Å²) in [6.45, 7) is 0. The van der Waals surface area contributed by atoms with Crippen molar-refractivity contribution in [1.29, 1.82) is 0 Å². The molecule has 0 unspecified atom stereocenters. The smallest absolute Gasteiger partial charge is 0.164 e. The lowest BCUT2D eigenvalue weighted by molar-refractivity contribution is 0.669. The molecule has 0 aliphatic carbocycles. The van der Waals surface area contributed by atoms with Gasteiger partial charge in [-0.05, 0) is 85.6 Å². The van der Waals surface area contributed by atoms with Crippen molar-refractivity contribution in [3.63, 3.8) is 0 Å². The van der Waals surface area contributed by atoms with Gasteiger partial charge in [-0.2, -0.15) is 0 Å². The number of hydrogen-bond acceptors (Lipinski definition) is 4. The molecule has 11 aromatic rings. The average molecular weight is 754 g/mol. The lowest BCUT2D eigenvalue weighted by Crippen LogP contribution is -2.01. The molecule has 0 radical (unpaired) electrons. The van der Waals surface area contributed by atoms with E-state index < -0.39 is 0 Å². The van der Waals surface area contributed by atoms with Crippen LogP contribution in [0.2, 0.25) is 0 Å². The predicted molar refractivity (Wildman–Crippen MR) is 243 cm³/mol. The summed E-state index contributed by atoms with van der Waals surface area (Å²) in [6, 6.07) is 74.1. The maximum Gasteiger partial charge on any atom is 0.164 e. The van der Waals surface area contributed by atoms with Gasteiger partial charge in [0.05, 0.1) is 0 Å². The molecular formula is C55H35N3O. The van der Waals surface area contributed by atoms with Crippen LogP contribution in [0.3, 0.4) is 0 Å². The van der Waals surface area contributed by atoms with Crippen LogP contribution in [-0.2, 0) is 0 Å². The topological polar surface area (TPSA) is 51.8 Å². The first-order chi connectivity index (χ1) is 29.2. The molecule has 0 atom stereocenters. The quantitative estimate of drug-likeness (QED) is 0.163. The molecule has 0 aliphatic heterocycles. The first-order valence-corrected chi connectivity index (χ1v) is 19.8. The highest BCUT2D eigenvalue weighted by atomic mass is 16.3. The maximum absolute atomic E-state index is 6.19. The molecule has 0 aliphatic rings. The molecule has 0 bridgehead atoms. The third kappa shape index (κ3) is 6.43. The summed E-state index contributed by atoms with van der Waals surface area (Å²) >= 11 is 0. The fraction of sp³-hybridized carbons (Fsp3) is 0. The fourth-order valence-electron chi connectivity index (χ4n) is 8.19. The van der Waals surface area contributed by atoms with Gasteiger partial charge < -0.3 is 4.42 Å². The van der Waals surface area contributed by atoms with E-state index >= 15 is 0 Å². The molecule has 0 spiro atoms. The van der Waals surface area contributed by atoms with E-state index in [1.54, 1.807) is 0 Å². The zero-order chi connectivity index (χ0) is 39.1. The second-order valence-corrected chi connectivity index (χ2v) is 14.8. The summed E-state index contributed by atoms with van der Waals surface area (Å²) in [5.74, 6) is 1.88. The largest absolute Gasteiger partial charge is 0.456 e. The molecule has 276 valence electrons. The fourth-order valence-corrected chi connectivity index (χ4v) is 8.19. The Bertz CT molecular complexity index is 3320. The Balaban J connectivity index is 0.963. The number of rotatable bonds is 7. The minimum absolute atomic E-state index is 0.621. The van der Waals surface area contributed by atoms with Gasteiger partial charge in [0.25, 0.3) is 0 Å². The van der Waals surface area contributed by atoms with Crippen LogP contribution < -0.4 is 0 Å². The number of hydrogen-bond donors (Lipinski definition) is 0. The zero-order valence-corrected chi connectivity index (χ0v) is 32.0. The summed E-state index contributed by atoms with van der Waals surface area (Å²) in [6.07, 6.45) is 0. The van der Waals surface area contributed by atoms with Crippen molar-refractivity contribution >= 4 is 32.7 Å². The molecule has 4 heteroatoms. The van der Waals surface area contributed by atoms with Crippen LogP contribution in [0.1, 0.15) is 0 Å². The van der Waals surface area contributed by atoms with E-state index in [0.717, 1.165) is 72.0 Å². The van der Waals surface area contributed by atoms with Crippen LogP contribution in [0.15, 0.2) is 217 Å². The van der Waals surface area contributed by atoms with Crippen molar-refractivity contribution in [3.05, 3.63) is 212 Å². The molecule has 0 N–H and O–H groups in total. The zero-order valence-electron chi connectivity index (χ0n) is 32.0. The summed E-state index contributed by atoms with van der Waals surface area (Å²) in [4.78, 5) is 15.4. The van der Waals surface area contributed by atoms with Crippen molar-refractivity contribution in [2.24, 2.45) is 0 Å². The molecule has 0 fully saturated rings. The summed E-state index contributed by atoms with van der Waals surface area (Å²) in [5.41, 5.74) is 13.6. The molecule has 0 amide bonds. The number of nitrogens with zero attached hydrogens (tertiary/aromatic N) is 3. The second-order valence-electron chi connectivity index (χ2n) is 14.8. The second kappa shape index (κ2) is 14.5. The molecule has 4 nitrogen and oxygen atoms in total. The SMILES string of the molecule is c1ccc(-c2cccc(-c3nc(-c4ccc(-c5ccc6cc(-c7cccc8oc9ccccc9c78)ccc6c5)cc4)nc(-c4ccccc4-c4ccccc4)n3)c2)cc1. The third-order valence-electron chi connectivity index (χ3n) is 11.1. The van der Waals surface area contributed by atoms with Crippen molar-refractivity contribution in [1.82, 2.24) is 15.0 Å². The van der Waals surface area contributed by atoms with Gasteiger partial charge in [-0.25, -0.2) is 15.0 Å². The van der Waals surface area contributed by atoms with Crippen LogP contribution in [0.5, 0.6) is 0 Å². The van der Waals surface area contributed by atoms with Crippen LogP contribution in [0.25, 0.3) is 111 Å².